The quantitative estimate of drug-likeness (QED) is 0.289. The molecule has 4 aromatic rings. The maximum absolute atomic E-state index is 14.8. The Balaban J connectivity index is 1.68. The molecule has 0 aliphatic carbocycles. The number of benzene rings is 3. The summed E-state index contributed by atoms with van der Waals surface area (Å²) in [5.74, 6) is -0.475. The van der Waals surface area contributed by atoms with E-state index in [1.807, 2.05) is 35.4 Å². The number of para-hydroxylation sites is 1. The molecule has 168 valence electrons. The van der Waals surface area contributed by atoms with Crippen molar-refractivity contribution in [3.05, 3.63) is 99.1 Å². The summed E-state index contributed by atoms with van der Waals surface area (Å²) < 4.78 is 14.8. The van der Waals surface area contributed by atoms with Crippen LogP contribution in [0.1, 0.15) is 22.8 Å². The first-order valence-electron chi connectivity index (χ1n) is 10.3. The third kappa shape index (κ3) is 5.36. The van der Waals surface area contributed by atoms with Crippen molar-refractivity contribution in [1.29, 1.82) is 0 Å². The fraction of sp³-hybridized carbons (Fsp3) is 0.120. The molecule has 3 aromatic carbocycles. The minimum atomic E-state index is -0.349. The second kappa shape index (κ2) is 10.3. The number of amides is 1. The van der Waals surface area contributed by atoms with Crippen molar-refractivity contribution in [3.63, 3.8) is 0 Å². The van der Waals surface area contributed by atoms with E-state index in [9.17, 15) is 9.18 Å². The molecule has 0 unspecified atom stereocenters. The number of aromatic nitrogens is 1. The van der Waals surface area contributed by atoms with Gasteiger partial charge in [-0.15, -0.1) is 11.3 Å². The van der Waals surface area contributed by atoms with Crippen LogP contribution in [0.5, 0.6) is 0 Å². The zero-order valence-electron chi connectivity index (χ0n) is 17.7. The number of halogens is 3. The van der Waals surface area contributed by atoms with Crippen molar-refractivity contribution in [1.82, 2.24) is 10.3 Å². The Morgan fingerprint density at radius 1 is 1.09 bits per heavy atom. The van der Waals surface area contributed by atoms with E-state index in [2.05, 4.69) is 5.32 Å². The van der Waals surface area contributed by atoms with Gasteiger partial charge in [-0.2, -0.15) is 0 Å². The number of carbonyl (C=O) groups excluding carboxylic acids is 1. The first kappa shape index (κ1) is 23.2. The summed E-state index contributed by atoms with van der Waals surface area (Å²) in [6.07, 6.45) is 0. The maximum Gasteiger partial charge on any atom is 0.251 e. The molecular formula is C25H20Cl2FN3OS. The Labute approximate surface area is 205 Å². The molecule has 0 atom stereocenters. The van der Waals surface area contributed by atoms with E-state index in [0.717, 1.165) is 11.1 Å². The van der Waals surface area contributed by atoms with E-state index in [4.69, 9.17) is 28.2 Å². The normalized spacial score (nSPS) is 10.8. The lowest BCUT2D eigenvalue weighted by Crippen LogP contribution is -2.22. The maximum atomic E-state index is 14.8. The van der Waals surface area contributed by atoms with Gasteiger partial charge in [0.05, 0.1) is 22.9 Å². The van der Waals surface area contributed by atoms with E-state index in [1.165, 1.54) is 17.4 Å². The summed E-state index contributed by atoms with van der Waals surface area (Å²) in [6, 6.07) is 19.1. The van der Waals surface area contributed by atoms with Gasteiger partial charge in [-0.1, -0.05) is 47.5 Å². The predicted molar refractivity (Wildman–Crippen MR) is 134 cm³/mol. The fourth-order valence-corrected chi connectivity index (χ4v) is 4.69. The van der Waals surface area contributed by atoms with Crippen LogP contribution >= 0.6 is 34.5 Å². The summed E-state index contributed by atoms with van der Waals surface area (Å²) in [5.41, 5.74) is 3.33. The molecule has 1 heterocycles. The van der Waals surface area contributed by atoms with E-state index < -0.39 is 0 Å². The Bertz CT molecular complexity index is 1280. The molecule has 0 bridgehead atoms. The van der Waals surface area contributed by atoms with Crippen LogP contribution in [0.3, 0.4) is 0 Å². The number of anilines is 2. The van der Waals surface area contributed by atoms with Crippen LogP contribution in [0, 0.1) is 5.82 Å². The van der Waals surface area contributed by atoms with Crippen LogP contribution < -0.4 is 10.2 Å². The lowest BCUT2D eigenvalue weighted by atomic mass is 10.1. The van der Waals surface area contributed by atoms with Gasteiger partial charge in [-0.25, -0.2) is 9.37 Å². The zero-order chi connectivity index (χ0) is 23.4. The predicted octanol–water partition coefficient (Wildman–Crippen LogP) is 7.34. The first-order chi connectivity index (χ1) is 16.0. The monoisotopic (exact) mass is 499 g/mol. The van der Waals surface area contributed by atoms with E-state index in [1.54, 1.807) is 42.5 Å². The van der Waals surface area contributed by atoms with Crippen LogP contribution in [0.2, 0.25) is 10.0 Å². The number of hydrogen-bond donors (Lipinski definition) is 1. The van der Waals surface area contributed by atoms with E-state index >= 15 is 0 Å². The Morgan fingerprint density at radius 2 is 1.85 bits per heavy atom. The van der Waals surface area contributed by atoms with Crippen LogP contribution in [0.4, 0.5) is 15.2 Å². The number of carbonyl (C=O) groups is 1. The fourth-order valence-electron chi connectivity index (χ4n) is 3.34. The van der Waals surface area contributed by atoms with Crippen molar-refractivity contribution < 1.29 is 9.18 Å². The molecule has 1 N–H and O–H groups in total. The van der Waals surface area contributed by atoms with Crippen molar-refractivity contribution >= 4 is 51.3 Å². The van der Waals surface area contributed by atoms with Crippen LogP contribution in [0.15, 0.2) is 72.1 Å². The van der Waals surface area contributed by atoms with Crippen LogP contribution in [-0.4, -0.2) is 17.4 Å². The molecule has 33 heavy (non-hydrogen) atoms. The second-order valence-electron chi connectivity index (χ2n) is 7.23. The van der Waals surface area contributed by atoms with Gasteiger partial charge in [0.25, 0.3) is 5.91 Å². The van der Waals surface area contributed by atoms with Gasteiger partial charge < -0.3 is 10.2 Å². The van der Waals surface area contributed by atoms with Crippen molar-refractivity contribution in [2.24, 2.45) is 0 Å². The highest BCUT2D eigenvalue weighted by Crippen LogP contribution is 2.37. The van der Waals surface area contributed by atoms with Crippen LogP contribution in [-0.2, 0) is 6.54 Å². The number of rotatable bonds is 7. The highest BCUT2D eigenvalue weighted by molar-refractivity contribution is 7.14. The minimum absolute atomic E-state index is 0.126. The summed E-state index contributed by atoms with van der Waals surface area (Å²) >= 11 is 13.8. The average Bonchev–Trinajstić information content (AvgIpc) is 3.28. The second-order valence-corrected chi connectivity index (χ2v) is 8.91. The van der Waals surface area contributed by atoms with Gasteiger partial charge in [0, 0.05) is 28.1 Å². The Morgan fingerprint density at radius 3 is 2.55 bits per heavy atom. The molecule has 4 rings (SSSR count). The molecule has 0 aliphatic rings. The third-order valence-electron chi connectivity index (χ3n) is 4.97. The van der Waals surface area contributed by atoms with Gasteiger partial charge in [-0.05, 0) is 55.0 Å². The number of nitrogens with one attached hydrogen (secondary N) is 1. The lowest BCUT2D eigenvalue weighted by molar-refractivity contribution is 0.0956. The molecule has 1 aromatic heterocycles. The Hall–Kier alpha value is -2.93. The minimum Gasteiger partial charge on any atom is -0.352 e. The topological polar surface area (TPSA) is 45.2 Å². The molecule has 8 heteroatoms. The highest BCUT2D eigenvalue weighted by Gasteiger charge is 2.19. The summed E-state index contributed by atoms with van der Waals surface area (Å²) in [6.45, 7) is 2.81. The first-order valence-corrected chi connectivity index (χ1v) is 11.9. The van der Waals surface area contributed by atoms with Crippen molar-refractivity contribution in [2.45, 2.75) is 13.5 Å². The van der Waals surface area contributed by atoms with Crippen LogP contribution in [0.25, 0.3) is 11.3 Å². The molecular weight excluding hydrogens is 480 g/mol. The average molecular weight is 500 g/mol. The van der Waals surface area contributed by atoms with Gasteiger partial charge in [-0.3, -0.25) is 4.79 Å². The number of hydrogen-bond acceptors (Lipinski definition) is 4. The van der Waals surface area contributed by atoms with E-state index in [-0.39, 0.29) is 11.7 Å². The van der Waals surface area contributed by atoms with Gasteiger partial charge in [0.1, 0.15) is 5.82 Å². The molecule has 4 nitrogen and oxygen atoms in total. The van der Waals surface area contributed by atoms with Gasteiger partial charge in [0.2, 0.25) is 0 Å². The molecule has 0 saturated carbocycles. The smallest absolute Gasteiger partial charge is 0.251 e. The molecule has 0 aliphatic heterocycles. The largest absolute Gasteiger partial charge is 0.352 e. The molecule has 1 amide bonds. The van der Waals surface area contributed by atoms with Gasteiger partial charge in [0.15, 0.2) is 5.13 Å². The summed E-state index contributed by atoms with van der Waals surface area (Å²) in [7, 11) is 0. The molecule has 0 saturated heterocycles. The van der Waals surface area contributed by atoms with E-state index in [0.29, 0.717) is 45.2 Å². The summed E-state index contributed by atoms with van der Waals surface area (Å²) in [4.78, 5) is 18.6. The zero-order valence-corrected chi connectivity index (χ0v) is 20.0. The summed E-state index contributed by atoms with van der Waals surface area (Å²) in [5, 5.41) is 6.33. The van der Waals surface area contributed by atoms with Crippen molar-refractivity contribution in [3.8, 4) is 11.3 Å². The third-order valence-corrected chi connectivity index (χ3v) is 6.38. The van der Waals surface area contributed by atoms with Crippen molar-refractivity contribution in [2.75, 3.05) is 11.4 Å². The SMILES string of the molecule is CCNC(=O)c1ccc(CN(c2nc(-c3ccc(Cl)cc3Cl)cs2)c2ccccc2F)cc1. The standard InChI is InChI=1S/C25H20Cl2FN3OS/c1-2-29-24(32)17-9-7-16(8-10-17)14-31(23-6-4-3-5-21(23)28)25-30-22(15-33-25)19-12-11-18(26)13-20(19)27/h3-13,15H,2,14H2,1H3,(H,29,32). The molecule has 0 spiro atoms. The Kier molecular flexibility index (Phi) is 7.28. The molecule has 0 fully saturated rings. The lowest BCUT2D eigenvalue weighted by Gasteiger charge is -2.23. The number of nitrogens with zero attached hydrogens (tertiary/aromatic N) is 2. The number of thiazole rings is 1. The highest BCUT2D eigenvalue weighted by atomic mass is 35.5. The van der Waals surface area contributed by atoms with Gasteiger partial charge >= 0.3 is 0 Å². The molecule has 0 radical (unpaired) electrons.